The highest BCUT2D eigenvalue weighted by Crippen LogP contribution is 2.38. The van der Waals surface area contributed by atoms with Gasteiger partial charge in [-0.25, -0.2) is 8.42 Å². The van der Waals surface area contributed by atoms with Gasteiger partial charge < -0.3 is 9.64 Å². The van der Waals surface area contributed by atoms with Crippen LogP contribution in [0.15, 0.2) is 41.3 Å². The Balaban J connectivity index is 1.86. The van der Waals surface area contributed by atoms with Crippen molar-refractivity contribution >= 4 is 21.6 Å². The molecule has 152 valence electrons. The van der Waals surface area contributed by atoms with Gasteiger partial charge in [-0.2, -0.15) is 9.57 Å². The summed E-state index contributed by atoms with van der Waals surface area (Å²) in [4.78, 5) is 14.7. The van der Waals surface area contributed by atoms with Crippen molar-refractivity contribution in [3.63, 3.8) is 0 Å². The minimum absolute atomic E-state index is 0.0410. The molecule has 1 amide bonds. The first-order valence-electron chi connectivity index (χ1n) is 9.23. The number of benzene rings is 2. The van der Waals surface area contributed by atoms with Crippen molar-refractivity contribution in [2.45, 2.75) is 24.7 Å². The molecule has 0 saturated carbocycles. The number of hydrogen-bond acceptors (Lipinski definition) is 5. The number of likely N-dealkylation sites (N-methyl/N-ethyl adjacent to an activating group) is 1. The van der Waals surface area contributed by atoms with Crippen LogP contribution >= 0.6 is 0 Å². The Labute approximate surface area is 171 Å². The summed E-state index contributed by atoms with van der Waals surface area (Å²) in [7, 11) is -0.916. The topological polar surface area (TPSA) is 90.7 Å². The summed E-state index contributed by atoms with van der Waals surface area (Å²) >= 11 is 0. The summed E-state index contributed by atoms with van der Waals surface area (Å²) in [5.41, 5.74) is 3.24. The molecular formula is C21H23N3O4S. The van der Waals surface area contributed by atoms with Crippen LogP contribution in [0.2, 0.25) is 0 Å². The molecule has 1 heterocycles. The van der Waals surface area contributed by atoms with Crippen LogP contribution in [0.1, 0.15) is 23.1 Å². The summed E-state index contributed by atoms with van der Waals surface area (Å²) in [6, 6.07) is 11.4. The molecule has 7 nitrogen and oxygen atoms in total. The van der Waals surface area contributed by atoms with Crippen LogP contribution in [-0.4, -0.2) is 45.9 Å². The molecule has 2 aromatic rings. The Morgan fingerprint density at radius 3 is 2.55 bits per heavy atom. The standard InChI is InChI=1S/C21H23N3O4S/c1-15-6-11-19(28-3)21-18(15)5-4-12-24(21)20(25)14-23(2)29(26,27)17-9-7-16(13-22)8-10-17/h6-11H,4-5,12,14H2,1-3H3. The van der Waals surface area contributed by atoms with Crippen molar-refractivity contribution in [1.82, 2.24) is 4.31 Å². The average molecular weight is 413 g/mol. The molecule has 0 unspecified atom stereocenters. The number of amides is 1. The summed E-state index contributed by atoms with van der Waals surface area (Å²) in [5.74, 6) is 0.297. The van der Waals surface area contributed by atoms with Gasteiger partial charge in [0.2, 0.25) is 15.9 Å². The smallest absolute Gasteiger partial charge is 0.243 e. The lowest BCUT2D eigenvalue weighted by atomic mass is 9.96. The van der Waals surface area contributed by atoms with E-state index in [-0.39, 0.29) is 17.3 Å². The summed E-state index contributed by atoms with van der Waals surface area (Å²) in [6.07, 6.45) is 1.65. The van der Waals surface area contributed by atoms with Crippen LogP contribution in [0.5, 0.6) is 5.75 Å². The van der Waals surface area contributed by atoms with Gasteiger partial charge in [0.05, 0.1) is 35.9 Å². The van der Waals surface area contributed by atoms with Crippen molar-refractivity contribution in [2.75, 3.05) is 32.1 Å². The number of nitriles is 1. The molecule has 8 heteroatoms. The molecule has 0 aliphatic carbocycles. The van der Waals surface area contributed by atoms with Gasteiger partial charge in [0, 0.05) is 13.6 Å². The van der Waals surface area contributed by atoms with Crippen molar-refractivity contribution < 1.29 is 17.9 Å². The van der Waals surface area contributed by atoms with Gasteiger partial charge in [-0.1, -0.05) is 6.07 Å². The molecule has 2 aromatic carbocycles. The van der Waals surface area contributed by atoms with Crippen LogP contribution in [0, 0.1) is 18.3 Å². The highest BCUT2D eigenvalue weighted by molar-refractivity contribution is 7.89. The fourth-order valence-corrected chi connectivity index (χ4v) is 4.63. The van der Waals surface area contributed by atoms with Gasteiger partial charge in [0.1, 0.15) is 5.75 Å². The second kappa shape index (κ2) is 8.23. The number of anilines is 1. The quantitative estimate of drug-likeness (QED) is 0.751. The normalized spacial score (nSPS) is 13.7. The molecule has 1 aliphatic heterocycles. The number of carbonyl (C=O) groups excluding carboxylic acids is 1. The first kappa shape index (κ1) is 20.8. The molecule has 3 rings (SSSR count). The fourth-order valence-electron chi connectivity index (χ4n) is 3.51. The third-order valence-electron chi connectivity index (χ3n) is 5.13. The van der Waals surface area contributed by atoms with E-state index in [2.05, 4.69) is 0 Å². The molecule has 0 saturated heterocycles. The van der Waals surface area contributed by atoms with Crippen LogP contribution < -0.4 is 9.64 Å². The summed E-state index contributed by atoms with van der Waals surface area (Å²) in [5, 5.41) is 8.88. The third-order valence-corrected chi connectivity index (χ3v) is 6.95. The Morgan fingerprint density at radius 1 is 1.24 bits per heavy atom. The number of fused-ring (bicyclic) bond motifs is 1. The maximum atomic E-state index is 13.1. The van der Waals surface area contributed by atoms with Crippen LogP contribution in [0.3, 0.4) is 0 Å². The van der Waals surface area contributed by atoms with E-state index in [9.17, 15) is 13.2 Å². The first-order chi connectivity index (χ1) is 13.8. The number of hydrogen-bond donors (Lipinski definition) is 0. The lowest BCUT2D eigenvalue weighted by Crippen LogP contribution is -2.43. The van der Waals surface area contributed by atoms with E-state index in [0.29, 0.717) is 17.9 Å². The first-order valence-corrected chi connectivity index (χ1v) is 10.7. The van der Waals surface area contributed by atoms with Crippen LogP contribution in [0.4, 0.5) is 5.69 Å². The minimum Gasteiger partial charge on any atom is -0.495 e. The summed E-state index contributed by atoms with van der Waals surface area (Å²) < 4.78 is 32.1. The van der Waals surface area contributed by atoms with E-state index in [0.717, 1.165) is 34.0 Å². The van der Waals surface area contributed by atoms with Gasteiger partial charge >= 0.3 is 0 Å². The lowest BCUT2D eigenvalue weighted by molar-refractivity contribution is -0.118. The average Bonchev–Trinajstić information content (AvgIpc) is 2.73. The SMILES string of the molecule is COc1ccc(C)c2c1N(C(=O)CN(C)S(=O)(=O)c1ccc(C#N)cc1)CCC2. The fraction of sp³-hybridized carbons (Fsp3) is 0.333. The second-order valence-electron chi connectivity index (χ2n) is 6.96. The second-order valence-corrected chi connectivity index (χ2v) is 9.00. The maximum absolute atomic E-state index is 13.1. The molecular weight excluding hydrogens is 390 g/mol. The molecule has 29 heavy (non-hydrogen) atoms. The van der Waals surface area contributed by atoms with E-state index in [1.807, 2.05) is 25.1 Å². The van der Waals surface area contributed by atoms with E-state index in [1.165, 1.54) is 31.3 Å². The minimum atomic E-state index is -3.85. The predicted molar refractivity (Wildman–Crippen MR) is 109 cm³/mol. The zero-order valence-corrected chi connectivity index (χ0v) is 17.5. The molecule has 0 N–H and O–H groups in total. The zero-order chi connectivity index (χ0) is 21.2. The monoisotopic (exact) mass is 413 g/mol. The number of ether oxygens (including phenoxy) is 1. The Hall–Kier alpha value is -2.89. The number of methoxy groups -OCH3 is 1. The zero-order valence-electron chi connectivity index (χ0n) is 16.7. The van der Waals surface area contributed by atoms with Gasteiger partial charge in [-0.05, 0) is 61.2 Å². The largest absolute Gasteiger partial charge is 0.495 e. The molecule has 0 radical (unpaired) electrons. The molecule has 0 fully saturated rings. The summed E-state index contributed by atoms with van der Waals surface area (Å²) in [6.45, 7) is 2.21. The van der Waals surface area contributed by atoms with Crippen LogP contribution in [0.25, 0.3) is 0 Å². The Kier molecular flexibility index (Phi) is 5.91. The molecule has 0 aromatic heterocycles. The van der Waals surface area contributed by atoms with Gasteiger partial charge in [-0.3, -0.25) is 4.79 Å². The maximum Gasteiger partial charge on any atom is 0.243 e. The molecule has 1 aliphatic rings. The Morgan fingerprint density at radius 2 is 1.93 bits per heavy atom. The third kappa shape index (κ3) is 3.97. The van der Waals surface area contributed by atoms with E-state index >= 15 is 0 Å². The predicted octanol–water partition coefficient (Wildman–Crippen LogP) is 2.48. The molecule has 0 bridgehead atoms. The molecule has 0 atom stereocenters. The van der Waals surface area contributed by atoms with Gasteiger partial charge in [0.25, 0.3) is 0 Å². The Bertz CT molecular complexity index is 1070. The van der Waals surface area contributed by atoms with Crippen LogP contribution in [-0.2, 0) is 21.2 Å². The van der Waals surface area contributed by atoms with Crippen molar-refractivity contribution in [1.29, 1.82) is 5.26 Å². The lowest BCUT2D eigenvalue weighted by Gasteiger charge is -2.33. The number of rotatable bonds is 5. The van der Waals surface area contributed by atoms with Gasteiger partial charge in [-0.15, -0.1) is 0 Å². The van der Waals surface area contributed by atoms with E-state index < -0.39 is 10.0 Å². The van der Waals surface area contributed by atoms with Crippen molar-refractivity contribution in [3.8, 4) is 11.8 Å². The number of sulfonamides is 1. The number of nitrogens with zero attached hydrogens (tertiary/aromatic N) is 3. The van der Waals surface area contributed by atoms with E-state index in [4.69, 9.17) is 10.00 Å². The highest BCUT2D eigenvalue weighted by Gasteiger charge is 2.30. The highest BCUT2D eigenvalue weighted by atomic mass is 32.2. The number of aryl methyl sites for hydroxylation is 1. The van der Waals surface area contributed by atoms with E-state index in [1.54, 1.807) is 12.0 Å². The van der Waals surface area contributed by atoms with Crippen molar-refractivity contribution in [3.05, 3.63) is 53.1 Å². The van der Waals surface area contributed by atoms with Crippen molar-refractivity contribution in [2.24, 2.45) is 0 Å². The number of carbonyl (C=O) groups is 1. The van der Waals surface area contributed by atoms with Gasteiger partial charge in [0.15, 0.2) is 0 Å². The molecule has 0 spiro atoms.